The van der Waals surface area contributed by atoms with E-state index in [4.69, 9.17) is 4.74 Å². The van der Waals surface area contributed by atoms with Crippen LogP contribution in [0.15, 0.2) is 24.3 Å². The lowest BCUT2D eigenvalue weighted by Gasteiger charge is -2.17. The van der Waals surface area contributed by atoms with Crippen LogP contribution in [0.1, 0.15) is 36.7 Å². The highest BCUT2D eigenvalue weighted by Gasteiger charge is 2.23. The Morgan fingerprint density at radius 2 is 1.82 bits per heavy atom. The van der Waals surface area contributed by atoms with E-state index in [1.165, 1.54) is 11.2 Å². The van der Waals surface area contributed by atoms with Gasteiger partial charge in [-0.25, -0.2) is 12.7 Å². The Bertz CT molecular complexity index is 635. The van der Waals surface area contributed by atoms with Gasteiger partial charge < -0.3 is 4.74 Å². The summed E-state index contributed by atoms with van der Waals surface area (Å²) in [5.41, 5.74) is 1.16. The fourth-order valence-corrected chi connectivity index (χ4v) is 3.29. The van der Waals surface area contributed by atoms with Crippen molar-refractivity contribution in [2.45, 2.75) is 27.4 Å². The van der Waals surface area contributed by atoms with Gasteiger partial charge in [-0.05, 0) is 18.6 Å². The third kappa shape index (κ3) is 5.23. The quantitative estimate of drug-likeness (QED) is 0.535. The van der Waals surface area contributed by atoms with Gasteiger partial charge >= 0.3 is 5.97 Å². The number of hydrogen-bond donors (Lipinski definition) is 0. The number of ketones is 1. The summed E-state index contributed by atoms with van der Waals surface area (Å²) in [6, 6.07) is 6.68. The summed E-state index contributed by atoms with van der Waals surface area (Å²) in [5, 5.41) is 0. The molecule has 1 rings (SSSR count). The first-order valence-corrected chi connectivity index (χ1v) is 8.64. The standard InChI is InChI=1S/C15H21NO5S/c1-4-16(5-2)22(19,20)11-15(18)21-10-13-7-6-8-14(9-13)12(3)17/h6-9H,4-5,10-11H2,1-3H3. The second-order valence-electron chi connectivity index (χ2n) is 4.76. The monoisotopic (exact) mass is 327 g/mol. The van der Waals surface area contributed by atoms with Crippen molar-refractivity contribution in [3.63, 3.8) is 0 Å². The van der Waals surface area contributed by atoms with Gasteiger partial charge in [-0.1, -0.05) is 32.0 Å². The number of carbonyl (C=O) groups excluding carboxylic acids is 2. The summed E-state index contributed by atoms with van der Waals surface area (Å²) in [6.45, 7) is 5.42. The molecule has 0 aliphatic rings. The Labute approximate surface area is 131 Å². The van der Waals surface area contributed by atoms with Crippen molar-refractivity contribution < 1.29 is 22.7 Å². The molecule has 22 heavy (non-hydrogen) atoms. The van der Waals surface area contributed by atoms with E-state index in [0.717, 1.165) is 0 Å². The minimum Gasteiger partial charge on any atom is -0.460 e. The number of ether oxygens (including phenoxy) is 1. The summed E-state index contributed by atoms with van der Waals surface area (Å²) in [5.74, 6) is -1.57. The minimum atomic E-state index is -3.64. The fourth-order valence-electron chi connectivity index (χ4n) is 1.94. The predicted molar refractivity (Wildman–Crippen MR) is 83.0 cm³/mol. The van der Waals surface area contributed by atoms with E-state index in [1.54, 1.807) is 38.1 Å². The molecule has 122 valence electrons. The van der Waals surface area contributed by atoms with Crippen LogP contribution in [0.3, 0.4) is 0 Å². The van der Waals surface area contributed by atoms with Crippen molar-refractivity contribution >= 4 is 21.8 Å². The first-order valence-electron chi connectivity index (χ1n) is 7.03. The molecule has 0 radical (unpaired) electrons. The highest BCUT2D eigenvalue weighted by molar-refractivity contribution is 7.89. The van der Waals surface area contributed by atoms with Crippen LogP contribution < -0.4 is 0 Å². The largest absolute Gasteiger partial charge is 0.460 e. The number of nitrogens with zero attached hydrogens (tertiary/aromatic N) is 1. The maximum Gasteiger partial charge on any atom is 0.322 e. The van der Waals surface area contributed by atoms with Gasteiger partial charge in [-0.3, -0.25) is 9.59 Å². The molecular weight excluding hydrogens is 306 g/mol. The molecule has 0 bridgehead atoms. The summed E-state index contributed by atoms with van der Waals surface area (Å²) in [4.78, 5) is 23.0. The number of rotatable bonds is 8. The molecule has 7 heteroatoms. The Morgan fingerprint density at radius 1 is 1.18 bits per heavy atom. The lowest BCUT2D eigenvalue weighted by molar-refractivity contribution is -0.141. The Kier molecular flexibility index (Phi) is 6.70. The molecule has 0 heterocycles. The maximum atomic E-state index is 11.9. The van der Waals surface area contributed by atoms with Gasteiger partial charge in [0.15, 0.2) is 11.5 Å². The summed E-state index contributed by atoms with van der Waals surface area (Å²) in [6.07, 6.45) is 0. The van der Waals surface area contributed by atoms with E-state index in [2.05, 4.69) is 0 Å². The van der Waals surface area contributed by atoms with Gasteiger partial charge in [0.1, 0.15) is 6.61 Å². The summed E-state index contributed by atoms with van der Waals surface area (Å²) < 4.78 is 30.1. The topological polar surface area (TPSA) is 80.8 Å². The van der Waals surface area contributed by atoms with Gasteiger partial charge in [0, 0.05) is 18.7 Å². The number of carbonyl (C=O) groups is 2. The van der Waals surface area contributed by atoms with E-state index in [1.807, 2.05) is 0 Å². The Balaban J connectivity index is 2.63. The fraction of sp³-hybridized carbons (Fsp3) is 0.467. The number of esters is 1. The molecule has 0 amide bonds. The van der Waals surface area contributed by atoms with Crippen molar-refractivity contribution in [1.29, 1.82) is 0 Å². The lowest BCUT2D eigenvalue weighted by Crippen LogP contribution is -2.35. The molecule has 6 nitrogen and oxygen atoms in total. The number of benzene rings is 1. The van der Waals surface area contributed by atoms with E-state index in [-0.39, 0.29) is 12.4 Å². The second kappa shape index (κ2) is 8.05. The van der Waals surface area contributed by atoms with Crippen molar-refractivity contribution in [3.8, 4) is 0 Å². The third-order valence-electron chi connectivity index (χ3n) is 3.13. The number of Topliss-reactive ketones (excluding diaryl/α,β-unsaturated/α-hetero) is 1. The summed E-state index contributed by atoms with van der Waals surface area (Å²) in [7, 11) is -3.64. The number of hydrogen-bond acceptors (Lipinski definition) is 5. The van der Waals surface area contributed by atoms with Crippen LogP contribution in [0.2, 0.25) is 0 Å². The molecule has 0 N–H and O–H groups in total. The molecule has 1 aromatic carbocycles. The molecule has 0 aromatic heterocycles. The van der Waals surface area contributed by atoms with Crippen LogP contribution in [0.4, 0.5) is 0 Å². The molecule has 0 saturated carbocycles. The van der Waals surface area contributed by atoms with Gasteiger partial charge in [0.25, 0.3) is 0 Å². The van der Waals surface area contributed by atoms with Gasteiger partial charge in [-0.2, -0.15) is 0 Å². The minimum absolute atomic E-state index is 0.0618. The zero-order valence-corrected chi connectivity index (χ0v) is 13.9. The molecule has 1 aromatic rings. The van der Waals surface area contributed by atoms with E-state index < -0.39 is 21.7 Å². The van der Waals surface area contributed by atoms with Crippen LogP contribution >= 0.6 is 0 Å². The van der Waals surface area contributed by atoms with Crippen molar-refractivity contribution in [1.82, 2.24) is 4.31 Å². The Morgan fingerprint density at radius 3 is 2.36 bits per heavy atom. The molecule has 0 saturated heterocycles. The van der Waals surface area contributed by atoms with E-state index in [9.17, 15) is 18.0 Å². The van der Waals surface area contributed by atoms with E-state index >= 15 is 0 Å². The normalized spacial score (nSPS) is 11.5. The van der Waals surface area contributed by atoms with Crippen molar-refractivity contribution in [2.24, 2.45) is 0 Å². The SMILES string of the molecule is CCN(CC)S(=O)(=O)CC(=O)OCc1cccc(C(C)=O)c1. The molecule has 0 unspecified atom stereocenters. The van der Waals surface area contributed by atoms with Crippen LogP contribution in [0.25, 0.3) is 0 Å². The summed E-state index contributed by atoms with van der Waals surface area (Å²) >= 11 is 0. The van der Waals surface area contributed by atoms with Crippen molar-refractivity contribution in [2.75, 3.05) is 18.8 Å². The molecule has 0 aliphatic heterocycles. The van der Waals surface area contributed by atoms with Crippen LogP contribution in [-0.4, -0.2) is 43.3 Å². The maximum absolute atomic E-state index is 11.9. The van der Waals surface area contributed by atoms with Crippen LogP contribution in [-0.2, 0) is 26.2 Å². The molecule has 0 aliphatic carbocycles. The zero-order chi connectivity index (χ0) is 16.8. The number of sulfonamides is 1. The van der Waals surface area contributed by atoms with Gasteiger partial charge in [0.2, 0.25) is 10.0 Å². The average molecular weight is 327 g/mol. The zero-order valence-electron chi connectivity index (χ0n) is 13.0. The van der Waals surface area contributed by atoms with Gasteiger partial charge in [-0.15, -0.1) is 0 Å². The first-order chi connectivity index (χ1) is 10.3. The van der Waals surface area contributed by atoms with Crippen LogP contribution in [0, 0.1) is 0 Å². The van der Waals surface area contributed by atoms with Crippen LogP contribution in [0.5, 0.6) is 0 Å². The molecule has 0 atom stereocenters. The smallest absolute Gasteiger partial charge is 0.322 e. The first kappa shape index (κ1) is 18.3. The molecule has 0 fully saturated rings. The second-order valence-corrected chi connectivity index (χ2v) is 6.73. The molecule has 0 spiro atoms. The van der Waals surface area contributed by atoms with Gasteiger partial charge in [0.05, 0.1) is 0 Å². The van der Waals surface area contributed by atoms with Crippen molar-refractivity contribution in [3.05, 3.63) is 35.4 Å². The third-order valence-corrected chi connectivity index (χ3v) is 5.04. The lowest BCUT2D eigenvalue weighted by atomic mass is 10.1. The predicted octanol–water partition coefficient (Wildman–Crippen LogP) is 1.60. The highest BCUT2D eigenvalue weighted by atomic mass is 32.2. The highest BCUT2D eigenvalue weighted by Crippen LogP contribution is 2.08. The molecular formula is C15H21NO5S. The van der Waals surface area contributed by atoms with E-state index in [0.29, 0.717) is 24.2 Å². The Hall–Kier alpha value is -1.73. The average Bonchev–Trinajstić information content (AvgIpc) is 2.46.